The number of carboxylic acids is 1. The van der Waals surface area contributed by atoms with E-state index in [1.807, 2.05) is 18.3 Å². The quantitative estimate of drug-likeness (QED) is 0.631. The third-order valence-electron chi connectivity index (χ3n) is 1.85. The molecule has 4 heteroatoms. The Kier molecular flexibility index (Phi) is 3.52. The van der Waals surface area contributed by atoms with E-state index in [2.05, 4.69) is 10.3 Å². The molecule has 0 radical (unpaired) electrons. The van der Waals surface area contributed by atoms with Gasteiger partial charge < -0.3 is 15.4 Å². The minimum Gasteiger partial charge on any atom is -0.481 e. The lowest BCUT2D eigenvalue weighted by Gasteiger charge is -2.06. The molecule has 1 heterocycles. The summed E-state index contributed by atoms with van der Waals surface area (Å²) in [5, 5.41) is 11.6. The number of hydrogen-bond donors (Lipinski definition) is 3. The molecule has 0 aliphatic carbocycles. The number of aliphatic carboxylic acids is 1. The summed E-state index contributed by atoms with van der Waals surface area (Å²) >= 11 is 0. The smallest absolute Gasteiger partial charge is 0.307 e. The predicted octanol–water partition coefficient (Wildman–Crippen LogP) is 0.825. The Balaban J connectivity index is 2.18. The lowest BCUT2D eigenvalue weighted by Crippen LogP contribution is -2.25. The molecule has 3 N–H and O–H groups in total. The molecule has 1 atom stereocenters. The van der Waals surface area contributed by atoms with Crippen LogP contribution in [0.25, 0.3) is 0 Å². The third kappa shape index (κ3) is 3.29. The molecule has 0 saturated carbocycles. The van der Waals surface area contributed by atoms with Crippen LogP contribution in [-0.4, -0.2) is 22.6 Å². The average Bonchev–Trinajstić information content (AvgIpc) is 2.56. The topological polar surface area (TPSA) is 65.1 Å². The number of nitrogens with one attached hydrogen (secondary N) is 2. The highest BCUT2D eigenvalue weighted by Crippen LogP contribution is 1.95. The van der Waals surface area contributed by atoms with Crippen LogP contribution < -0.4 is 5.32 Å². The molecule has 72 valence electrons. The Morgan fingerprint density at radius 1 is 1.77 bits per heavy atom. The zero-order valence-corrected chi connectivity index (χ0v) is 7.58. The third-order valence-corrected chi connectivity index (χ3v) is 1.85. The normalized spacial score (nSPS) is 12.7. The SMILES string of the molecule is CC(CNCc1ccc[nH]1)C(=O)O. The summed E-state index contributed by atoms with van der Waals surface area (Å²) < 4.78 is 0. The van der Waals surface area contributed by atoms with Crippen molar-refractivity contribution in [2.45, 2.75) is 13.5 Å². The summed E-state index contributed by atoms with van der Waals surface area (Å²) in [5.41, 5.74) is 1.07. The van der Waals surface area contributed by atoms with E-state index in [0.29, 0.717) is 13.1 Å². The van der Waals surface area contributed by atoms with Crippen LogP contribution in [-0.2, 0) is 11.3 Å². The van der Waals surface area contributed by atoms with Gasteiger partial charge in [-0.2, -0.15) is 0 Å². The van der Waals surface area contributed by atoms with Crippen LogP contribution >= 0.6 is 0 Å². The van der Waals surface area contributed by atoms with E-state index in [1.54, 1.807) is 6.92 Å². The average molecular weight is 182 g/mol. The van der Waals surface area contributed by atoms with Crippen molar-refractivity contribution in [2.24, 2.45) is 5.92 Å². The second-order valence-electron chi connectivity index (χ2n) is 3.07. The molecule has 1 aromatic rings. The summed E-state index contributed by atoms with van der Waals surface area (Å²) in [6.45, 7) is 2.86. The number of H-pyrrole nitrogens is 1. The van der Waals surface area contributed by atoms with E-state index < -0.39 is 5.97 Å². The van der Waals surface area contributed by atoms with Crippen molar-refractivity contribution >= 4 is 5.97 Å². The summed E-state index contributed by atoms with van der Waals surface area (Å²) in [5.74, 6) is -1.10. The summed E-state index contributed by atoms with van der Waals surface area (Å²) in [6, 6.07) is 3.87. The van der Waals surface area contributed by atoms with Crippen LogP contribution in [0.2, 0.25) is 0 Å². The minimum absolute atomic E-state index is 0.338. The van der Waals surface area contributed by atoms with Crippen LogP contribution in [0.4, 0.5) is 0 Å². The first kappa shape index (κ1) is 9.80. The summed E-state index contributed by atoms with van der Waals surface area (Å²) in [7, 11) is 0. The zero-order chi connectivity index (χ0) is 9.68. The molecule has 0 fully saturated rings. The number of aromatic amines is 1. The fourth-order valence-electron chi connectivity index (χ4n) is 0.988. The lowest BCUT2D eigenvalue weighted by atomic mass is 10.2. The zero-order valence-electron chi connectivity index (χ0n) is 7.58. The maximum absolute atomic E-state index is 10.4. The van der Waals surface area contributed by atoms with Crippen molar-refractivity contribution in [1.29, 1.82) is 0 Å². The van der Waals surface area contributed by atoms with Crippen LogP contribution in [0, 0.1) is 5.92 Å². The Morgan fingerprint density at radius 3 is 3.08 bits per heavy atom. The Hall–Kier alpha value is -1.29. The largest absolute Gasteiger partial charge is 0.481 e. The monoisotopic (exact) mass is 182 g/mol. The van der Waals surface area contributed by atoms with Gasteiger partial charge in [0, 0.05) is 25.0 Å². The standard InChI is InChI=1S/C9H14N2O2/c1-7(9(12)13)5-10-6-8-3-2-4-11-8/h2-4,7,10-11H,5-6H2,1H3,(H,12,13). The molecule has 1 aromatic heterocycles. The van der Waals surface area contributed by atoms with Gasteiger partial charge in [-0.25, -0.2) is 0 Å². The van der Waals surface area contributed by atoms with E-state index >= 15 is 0 Å². The van der Waals surface area contributed by atoms with Gasteiger partial charge in [0.2, 0.25) is 0 Å². The number of rotatable bonds is 5. The van der Waals surface area contributed by atoms with Crippen molar-refractivity contribution in [2.75, 3.05) is 6.54 Å². The predicted molar refractivity (Wildman–Crippen MR) is 49.3 cm³/mol. The number of carboxylic acid groups (broad SMARTS) is 1. The van der Waals surface area contributed by atoms with Crippen molar-refractivity contribution in [1.82, 2.24) is 10.3 Å². The minimum atomic E-state index is -0.765. The van der Waals surface area contributed by atoms with Gasteiger partial charge in [0.1, 0.15) is 0 Å². The van der Waals surface area contributed by atoms with Gasteiger partial charge in [-0.1, -0.05) is 6.92 Å². The van der Waals surface area contributed by atoms with Crippen LogP contribution in [0.3, 0.4) is 0 Å². The molecule has 0 aliphatic heterocycles. The fourth-order valence-corrected chi connectivity index (χ4v) is 0.988. The second-order valence-corrected chi connectivity index (χ2v) is 3.07. The highest BCUT2D eigenvalue weighted by atomic mass is 16.4. The molecule has 0 amide bonds. The number of aromatic nitrogens is 1. The van der Waals surface area contributed by atoms with E-state index in [-0.39, 0.29) is 5.92 Å². The summed E-state index contributed by atoms with van der Waals surface area (Å²) in [6.07, 6.45) is 1.84. The highest BCUT2D eigenvalue weighted by molar-refractivity contribution is 5.69. The maximum Gasteiger partial charge on any atom is 0.307 e. The number of carbonyl (C=O) groups is 1. The second kappa shape index (κ2) is 4.67. The Labute approximate surface area is 77.0 Å². The molecular weight excluding hydrogens is 168 g/mol. The fraction of sp³-hybridized carbons (Fsp3) is 0.444. The van der Waals surface area contributed by atoms with Gasteiger partial charge in [-0.05, 0) is 12.1 Å². The van der Waals surface area contributed by atoms with Gasteiger partial charge in [-0.15, -0.1) is 0 Å². The molecule has 1 unspecified atom stereocenters. The molecule has 13 heavy (non-hydrogen) atoms. The van der Waals surface area contributed by atoms with Gasteiger partial charge in [0.05, 0.1) is 5.92 Å². The van der Waals surface area contributed by atoms with E-state index in [4.69, 9.17) is 5.11 Å². The molecule has 1 rings (SSSR count). The lowest BCUT2D eigenvalue weighted by molar-refractivity contribution is -0.140. The molecule has 0 aromatic carbocycles. The van der Waals surface area contributed by atoms with Crippen LogP contribution in [0.1, 0.15) is 12.6 Å². The molecule has 0 bridgehead atoms. The van der Waals surface area contributed by atoms with Crippen molar-refractivity contribution in [3.8, 4) is 0 Å². The van der Waals surface area contributed by atoms with Crippen molar-refractivity contribution < 1.29 is 9.90 Å². The Bertz CT molecular complexity index is 257. The van der Waals surface area contributed by atoms with Crippen molar-refractivity contribution in [3.05, 3.63) is 24.0 Å². The maximum atomic E-state index is 10.4. The molecule has 0 saturated heterocycles. The Morgan fingerprint density at radius 2 is 2.54 bits per heavy atom. The van der Waals surface area contributed by atoms with Gasteiger partial charge in [0.25, 0.3) is 0 Å². The van der Waals surface area contributed by atoms with Crippen molar-refractivity contribution in [3.63, 3.8) is 0 Å². The number of hydrogen-bond acceptors (Lipinski definition) is 2. The first-order valence-corrected chi connectivity index (χ1v) is 4.26. The molecular formula is C9H14N2O2. The van der Waals surface area contributed by atoms with Gasteiger partial charge in [0.15, 0.2) is 0 Å². The molecule has 4 nitrogen and oxygen atoms in total. The van der Waals surface area contributed by atoms with E-state index in [0.717, 1.165) is 5.69 Å². The van der Waals surface area contributed by atoms with E-state index in [1.165, 1.54) is 0 Å². The summed E-state index contributed by atoms with van der Waals surface area (Å²) in [4.78, 5) is 13.5. The van der Waals surface area contributed by atoms with E-state index in [9.17, 15) is 4.79 Å². The molecule has 0 aliphatic rings. The van der Waals surface area contributed by atoms with Gasteiger partial charge >= 0.3 is 5.97 Å². The highest BCUT2D eigenvalue weighted by Gasteiger charge is 2.09. The van der Waals surface area contributed by atoms with Gasteiger partial charge in [-0.3, -0.25) is 4.79 Å². The first-order valence-electron chi connectivity index (χ1n) is 4.26. The van der Waals surface area contributed by atoms with Crippen LogP contribution in [0.5, 0.6) is 0 Å². The molecule has 0 spiro atoms. The first-order chi connectivity index (χ1) is 6.20. The van der Waals surface area contributed by atoms with Crippen LogP contribution in [0.15, 0.2) is 18.3 Å².